The minimum absolute atomic E-state index is 0.120. The van der Waals surface area contributed by atoms with Crippen LogP contribution in [0.25, 0.3) is 10.2 Å². The van der Waals surface area contributed by atoms with Crippen LogP contribution in [0.15, 0.2) is 18.2 Å². The van der Waals surface area contributed by atoms with E-state index in [-0.39, 0.29) is 11.6 Å². The molecule has 0 bridgehead atoms. The average molecular weight is 357 g/mol. The zero-order valence-corrected chi connectivity index (χ0v) is 14.7. The second-order valence-corrected chi connectivity index (χ2v) is 6.34. The van der Waals surface area contributed by atoms with E-state index >= 15 is 0 Å². The summed E-state index contributed by atoms with van der Waals surface area (Å²) < 4.78 is 10.5. The Hall–Kier alpha value is -2.97. The number of nitrogens with zero attached hydrogens (tertiary/aromatic N) is 3. The van der Waals surface area contributed by atoms with Crippen LogP contribution < -0.4 is 0 Å². The van der Waals surface area contributed by atoms with E-state index in [1.807, 2.05) is 12.1 Å². The number of nitriles is 2. The Morgan fingerprint density at radius 3 is 2.60 bits per heavy atom. The number of ether oxygens (including phenoxy) is 2. The van der Waals surface area contributed by atoms with Gasteiger partial charge in [0.15, 0.2) is 5.92 Å². The monoisotopic (exact) mass is 357 g/mol. The van der Waals surface area contributed by atoms with Gasteiger partial charge in [-0.15, -0.1) is 11.3 Å². The van der Waals surface area contributed by atoms with Gasteiger partial charge in [0.1, 0.15) is 10.4 Å². The average Bonchev–Trinajstić information content (AvgIpc) is 3.05. The maximum atomic E-state index is 12.5. The number of esters is 2. The molecule has 0 radical (unpaired) electrons. The molecule has 2 rings (SSSR count). The highest BCUT2D eigenvalue weighted by Gasteiger charge is 2.48. The second kappa shape index (κ2) is 7.29. The topological polar surface area (TPSA) is 113 Å². The summed E-state index contributed by atoms with van der Waals surface area (Å²) in [7, 11) is 1.28. The number of carbonyl (C=O) groups is 2. The van der Waals surface area contributed by atoms with Crippen molar-refractivity contribution in [1.82, 2.24) is 4.98 Å². The van der Waals surface area contributed by atoms with Crippen molar-refractivity contribution < 1.29 is 19.1 Å². The van der Waals surface area contributed by atoms with Gasteiger partial charge in [-0.2, -0.15) is 10.5 Å². The predicted octanol–water partition coefficient (Wildman–Crippen LogP) is 2.57. The Labute approximate surface area is 148 Å². The summed E-state index contributed by atoms with van der Waals surface area (Å²) in [6.45, 7) is 3.24. The Kier molecular flexibility index (Phi) is 5.35. The number of thiazole rings is 1. The Morgan fingerprint density at radius 2 is 2.04 bits per heavy atom. The largest absolute Gasteiger partial charge is 0.465 e. The summed E-state index contributed by atoms with van der Waals surface area (Å²) in [5.41, 5.74) is -0.718. The molecule has 0 amide bonds. The fourth-order valence-electron chi connectivity index (χ4n) is 2.29. The maximum Gasteiger partial charge on any atom is 0.337 e. The number of hydrogen-bond acceptors (Lipinski definition) is 8. The van der Waals surface area contributed by atoms with E-state index in [4.69, 9.17) is 4.74 Å². The summed E-state index contributed by atoms with van der Waals surface area (Å²) in [5, 5.41) is 18.9. The third kappa shape index (κ3) is 3.17. The van der Waals surface area contributed by atoms with E-state index in [2.05, 4.69) is 9.72 Å². The molecule has 8 heteroatoms. The highest BCUT2D eigenvalue weighted by molar-refractivity contribution is 7.18. The lowest BCUT2D eigenvalue weighted by atomic mass is 9.79. The lowest BCUT2D eigenvalue weighted by Gasteiger charge is -2.25. The fraction of sp³-hybridized carbons (Fsp3) is 0.353. The molecule has 7 nitrogen and oxygen atoms in total. The molecule has 0 fully saturated rings. The molecule has 1 atom stereocenters. The van der Waals surface area contributed by atoms with Crippen LogP contribution in [0.5, 0.6) is 0 Å². The number of fused-ring (bicyclic) bond motifs is 1. The number of rotatable bonds is 5. The standard InChI is InChI=1S/C17H15N3O4S/c1-4-24-16(22)17(2,11(8-18)9-19)15-20-12-7-10(14(21)23-3)5-6-13(12)25-15/h5-7,11H,4H2,1-3H3. The molecular weight excluding hydrogens is 342 g/mol. The van der Waals surface area contributed by atoms with Crippen molar-refractivity contribution in [2.24, 2.45) is 5.92 Å². The molecule has 1 heterocycles. The van der Waals surface area contributed by atoms with Crippen LogP contribution in [-0.4, -0.2) is 30.6 Å². The van der Waals surface area contributed by atoms with Crippen molar-refractivity contribution >= 4 is 33.5 Å². The van der Waals surface area contributed by atoms with Gasteiger partial charge in [-0.1, -0.05) is 0 Å². The minimum atomic E-state index is -1.52. The van der Waals surface area contributed by atoms with E-state index in [0.29, 0.717) is 15.8 Å². The zero-order chi connectivity index (χ0) is 18.6. The summed E-state index contributed by atoms with van der Waals surface area (Å²) in [5.74, 6) is -2.45. The Morgan fingerprint density at radius 1 is 1.36 bits per heavy atom. The second-order valence-electron chi connectivity index (χ2n) is 5.31. The van der Waals surface area contributed by atoms with Crippen molar-refractivity contribution in [2.45, 2.75) is 19.3 Å². The van der Waals surface area contributed by atoms with Gasteiger partial charge in [-0.25, -0.2) is 9.78 Å². The molecule has 0 saturated heterocycles. The van der Waals surface area contributed by atoms with Gasteiger partial charge in [-0.3, -0.25) is 4.79 Å². The van der Waals surface area contributed by atoms with Gasteiger partial charge in [0.25, 0.3) is 0 Å². The van der Waals surface area contributed by atoms with Crippen LogP contribution in [0.3, 0.4) is 0 Å². The smallest absolute Gasteiger partial charge is 0.337 e. The first-order valence-corrected chi connectivity index (χ1v) is 8.19. The summed E-state index contributed by atoms with van der Waals surface area (Å²) >= 11 is 1.18. The van der Waals surface area contributed by atoms with Gasteiger partial charge in [0.05, 0.1) is 41.6 Å². The minimum Gasteiger partial charge on any atom is -0.465 e. The molecule has 2 aromatic rings. The molecule has 1 unspecified atom stereocenters. The van der Waals surface area contributed by atoms with Crippen molar-refractivity contribution in [1.29, 1.82) is 10.5 Å². The quantitative estimate of drug-likeness (QED) is 0.756. The van der Waals surface area contributed by atoms with E-state index in [1.54, 1.807) is 25.1 Å². The summed E-state index contributed by atoms with van der Waals surface area (Å²) in [6.07, 6.45) is 0. The molecule has 0 N–H and O–H groups in total. The first-order valence-electron chi connectivity index (χ1n) is 7.38. The van der Waals surface area contributed by atoms with E-state index in [1.165, 1.54) is 25.4 Å². The SMILES string of the molecule is CCOC(=O)C(C)(c1nc2cc(C(=O)OC)ccc2s1)C(C#N)C#N. The third-order valence-electron chi connectivity index (χ3n) is 3.79. The molecule has 0 saturated carbocycles. The van der Waals surface area contributed by atoms with E-state index < -0.39 is 23.3 Å². The van der Waals surface area contributed by atoms with Crippen molar-refractivity contribution in [3.05, 3.63) is 28.8 Å². The molecule has 1 aromatic heterocycles. The first kappa shape index (κ1) is 18.4. The molecule has 0 aliphatic rings. The Bertz CT molecular complexity index is 895. The van der Waals surface area contributed by atoms with Gasteiger partial charge >= 0.3 is 11.9 Å². The number of methoxy groups -OCH3 is 1. The van der Waals surface area contributed by atoms with Crippen LogP contribution in [0.2, 0.25) is 0 Å². The molecule has 128 valence electrons. The van der Waals surface area contributed by atoms with Crippen LogP contribution in [-0.2, 0) is 19.7 Å². The fourth-order valence-corrected chi connectivity index (χ4v) is 3.40. The maximum absolute atomic E-state index is 12.5. The van der Waals surface area contributed by atoms with Crippen molar-refractivity contribution in [3.63, 3.8) is 0 Å². The Balaban J connectivity index is 2.62. The van der Waals surface area contributed by atoms with Crippen molar-refractivity contribution in [3.8, 4) is 12.1 Å². The van der Waals surface area contributed by atoms with E-state index in [0.717, 1.165) is 0 Å². The first-order chi connectivity index (χ1) is 11.9. The normalized spacial score (nSPS) is 12.9. The molecule has 0 aliphatic carbocycles. The highest BCUT2D eigenvalue weighted by Crippen LogP contribution is 2.38. The lowest BCUT2D eigenvalue weighted by Crippen LogP contribution is -2.40. The lowest BCUT2D eigenvalue weighted by molar-refractivity contribution is -0.150. The van der Waals surface area contributed by atoms with Crippen LogP contribution in [0, 0.1) is 28.6 Å². The van der Waals surface area contributed by atoms with Gasteiger partial charge < -0.3 is 9.47 Å². The zero-order valence-electron chi connectivity index (χ0n) is 13.9. The summed E-state index contributed by atoms with van der Waals surface area (Å²) in [6, 6.07) is 8.50. The van der Waals surface area contributed by atoms with Crippen LogP contribution >= 0.6 is 11.3 Å². The molecule has 1 aromatic carbocycles. The van der Waals surface area contributed by atoms with Crippen LogP contribution in [0.1, 0.15) is 29.2 Å². The van der Waals surface area contributed by atoms with E-state index in [9.17, 15) is 20.1 Å². The number of aromatic nitrogens is 1. The van der Waals surface area contributed by atoms with Gasteiger partial charge in [-0.05, 0) is 32.0 Å². The number of benzene rings is 1. The number of carbonyl (C=O) groups excluding carboxylic acids is 2. The van der Waals surface area contributed by atoms with Gasteiger partial charge in [0.2, 0.25) is 0 Å². The van der Waals surface area contributed by atoms with Crippen molar-refractivity contribution in [2.75, 3.05) is 13.7 Å². The molecule has 0 spiro atoms. The third-order valence-corrected chi connectivity index (χ3v) is 5.06. The molecular formula is C17H15N3O4S. The highest BCUT2D eigenvalue weighted by atomic mass is 32.1. The van der Waals surface area contributed by atoms with Gasteiger partial charge in [0, 0.05) is 0 Å². The number of hydrogen-bond donors (Lipinski definition) is 0. The predicted molar refractivity (Wildman–Crippen MR) is 89.7 cm³/mol. The summed E-state index contributed by atoms with van der Waals surface area (Å²) in [4.78, 5) is 28.5. The van der Waals surface area contributed by atoms with Crippen LogP contribution in [0.4, 0.5) is 0 Å². The molecule has 0 aliphatic heterocycles. The molecule has 25 heavy (non-hydrogen) atoms.